The van der Waals surface area contributed by atoms with Crippen LogP contribution in [-0.4, -0.2) is 30.8 Å². The van der Waals surface area contributed by atoms with E-state index in [1.54, 1.807) is 42.2 Å². The van der Waals surface area contributed by atoms with Gasteiger partial charge in [0, 0.05) is 36.6 Å². The van der Waals surface area contributed by atoms with Crippen LogP contribution in [0.4, 0.5) is 14.6 Å². The zero-order valence-corrected chi connectivity index (χ0v) is 16.4. The molecule has 10 heteroatoms. The molecule has 0 aliphatic carbocycles. The van der Waals surface area contributed by atoms with E-state index < -0.39 is 6.43 Å². The Labute approximate surface area is 176 Å². The zero-order valence-electron chi connectivity index (χ0n) is 16.4. The summed E-state index contributed by atoms with van der Waals surface area (Å²) in [5.74, 6) is 3.78. The van der Waals surface area contributed by atoms with Gasteiger partial charge in [-0.3, -0.25) is 4.98 Å². The highest BCUT2D eigenvalue weighted by molar-refractivity contribution is 5.75. The largest absolute Gasteiger partial charge is 0.487 e. The lowest BCUT2D eigenvalue weighted by molar-refractivity contribution is 0.151. The topological polar surface area (TPSA) is 104 Å². The summed E-state index contributed by atoms with van der Waals surface area (Å²) in [4.78, 5) is 12.4. The molecule has 4 heterocycles. The summed E-state index contributed by atoms with van der Waals surface area (Å²) in [5, 5.41) is 8.09. The van der Waals surface area contributed by atoms with Crippen LogP contribution >= 0.6 is 0 Å². The van der Waals surface area contributed by atoms with Gasteiger partial charge in [-0.25, -0.2) is 23.4 Å². The Kier molecular flexibility index (Phi) is 5.63. The second kappa shape index (κ2) is 8.68. The maximum absolute atomic E-state index is 12.8. The van der Waals surface area contributed by atoms with Gasteiger partial charge in [0.1, 0.15) is 29.6 Å². The molecule has 1 aliphatic heterocycles. The monoisotopic (exact) mass is 421 g/mol. The van der Waals surface area contributed by atoms with Crippen LogP contribution < -0.4 is 5.73 Å². The van der Waals surface area contributed by atoms with Gasteiger partial charge in [-0.05, 0) is 42.3 Å². The van der Waals surface area contributed by atoms with Gasteiger partial charge in [-0.15, -0.1) is 5.10 Å². The summed E-state index contributed by atoms with van der Waals surface area (Å²) >= 11 is 0. The average molecular weight is 421 g/mol. The number of halogens is 2. The third kappa shape index (κ3) is 4.54. The number of hydrogen-bond donors (Lipinski definition) is 1. The number of nitrogens with two attached hydrogens (primary N) is 1. The SMILES string of the molecule is Cn1nnc(-c2ccc(C(F)F)cn2)c1COC1=CC=C(c2ccc(N)nc2)N=C=C1. The van der Waals surface area contributed by atoms with E-state index in [0.717, 1.165) is 11.8 Å². The Morgan fingerprint density at radius 2 is 2.00 bits per heavy atom. The minimum absolute atomic E-state index is 0.133. The van der Waals surface area contributed by atoms with Gasteiger partial charge in [0.15, 0.2) is 0 Å². The molecule has 31 heavy (non-hydrogen) atoms. The second-order valence-corrected chi connectivity index (χ2v) is 6.55. The fourth-order valence-electron chi connectivity index (χ4n) is 2.78. The molecule has 0 unspecified atom stereocenters. The molecule has 2 N–H and O–H groups in total. The fourth-order valence-corrected chi connectivity index (χ4v) is 2.78. The minimum atomic E-state index is -2.58. The van der Waals surface area contributed by atoms with Crippen molar-refractivity contribution in [3.8, 4) is 11.4 Å². The molecule has 0 spiro atoms. The zero-order chi connectivity index (χ0) is 21.8. The number of ether oxygens (including phenoxy) is 1. The highest BCUT2D eigenvalue weighted by Crippen LogP contribution is 2.24. The molecule has 0 amide bonds. The van der Waals surface area contributed by atoms with Crippen LogP contribution in [-0.2, 0) is 18.4 Å². The van der Waals surface area contributed by atoms with Crippen molar-refractivity contribution >= 4 is 17.4 Å². The second-order valence-electron chi connectivity index (χ2n) is 6.55. The van der Waals surface area contributed by atoms with E-state index in [0.29, 0.717) is 34.4 Å². The molecule has 0 fully saturated rings. The van der Waals surface area contributed by atoms with Gasteiger partial charge < -0.3 is 10.5 Å². The number of pyridine rings is 2. The summed E-state index contributed by atoms with van der Waals surface area (Å²) in [6, 6.07) is 6.32. The van der Waals surface area contributed by atoms with E-state index in [1.807, 2.05) is 6.07 Å². The maximum Gasteiger partial charge on any atom is 0.265 e. The van der Waals surface area contributed by atoms with Crippen molar-refractivity contribution in [2.75, 3.05) is 5.73 Å². The van der Waals surface area contributed by atoms with Gasteiger partial charge in [0.25, 0.3) is 6.43 Å². The van der Waals surface area contributed by atoms with E-state index in [4.69, 9.17) is 10.5 Å². The van der Waals surface area contributed by atoms with Crippen molar-refractivity contribution in [3.63, 3.8) is 0 Å². The lowest BCUT2D eigenvalue weighted by Crippen LogP contribution is -2.02. The van der Waals surface area contributed by atoms with Crippen LogP contribution in [0.3, 0.4) is 0 Å². The molecular weight excluding hydrogens is 404 g/mol. The predicted octanol–water partition coefficient (Wildman–Crippen LogP) is 3.47. The first-order chi connectivity index (χ1) is 15.0. The lowest BCUT2D eigenvalue weighted by Gasteiger charge is -2.08. The van der Waals surface area contributed by atoms with Crippen molar-refractivity contribution in [1.29, 1.82) is 0 Å². The van der Waals surface area contributed by atoms with Crippen LogP contribution in [0.2, 0.25) is 0 Å². The van der Waals surface area contributed by atoms with Crippen LogP contribution in [0.15, 0.2) is 65.6 Å². The Morgan fingerprint density at radius 3 is 2.71 bits per heavy atom. The lowest BCUT2D eigenvalue weighted by atomic mass is 10.2. The van der Waals surface area contributed by atoms with Crippen molar-refractivity contribution in [3.05, 3.63) is 77.5 Å². The fraction of sp³-hybridized carbons (Fsp3) is 0.143. The van der Waals surface area contributed by atoms with Gasteiger partial charge in [-0.2, -0.15) is 0 Å². The number of aromatic nitrogens is 5. The van der Waals surface area contributed by atoms with E-state index >= 15 is 0 Å². The summed E-state index contributed by atoms with van der Waals surface area (Å²) in [5.41, 5.74) is 8.45. The Balaban J connectivity index is 1.52. The highest BCUT2D eigenvalue weighted by Gasteiger charge is 2.16. The van der Waals surface area contributed by atoms with E-state index in [-0.39, 0.29) is 12.2 Å². The molecule has 3 aromatic rings. The van der Waals surface area contributed by atoms with Crippen molar-refractivity contribution in [2.45, 2.75) is 13.0 Å². The first-order valence-electron chi connectivity index (χ1n) is 9.20. The molecule has 0 saturated heterocycles. The number of aryl methyl sites for hydroxylation is 1. The smallest absolute Gasteiger partial charge is 0.265 e. The van der Waals surface area contributed by atoms with Crippen LogP contribution in [0.1, 0.15) is 23.2 Å². The molecule has 0 aromatic carbocycles. The third-order valence-electron chi connectivity index (χ3n) is 4.48. The standard InChI is InChI=1S/C21H17F2N7O/c1-30-18(20(28-29-30)17-5-2-14(11-26-17)21(22)23)12-31-15-4-6-16(25-9-8-15)13-3-7-19(24)27-10-13/h2-8,10-11,21H,12H2,1H3,(H2,24,27). The van der Waals surface area contributed by atoms with Crippen LogP contribution in [0.25, 0.3) is 17.1 Å². The van der Waals surface area contributed by atoms with Crippen molar-refractivity contribution in [2.24, 2.45) is 12.0 Å². The Hall–Kier alpha value is -4.17. The summed E-state index contributed by atoms with van der Waals surface area (Å²) in [6.45, 7) is 0.133. The number of hydrogen-bond acceptors (Lipinski definition) is 7. The molecule has 0 radical (unpaired) electrons. The molecule has 8 nitrogen and oxygen atoms in total. The minimum Gasteiger partial charge on any atom is -0.487 e. The Morgan fingerprint density at radius 1 is 1.13 bits per heavy atom. The summed E-state index contributed by atoms with van der Waals surface area (Å²) in [6.07, 6.45) is 5.33. The number of allylic oxidation sites excluding steroid dienone is 3. The highest BCUT2D eigenvalue weighted by atomic mass is 19.3. The predicted molar refractivity (Wildman–Crippen MR) is 111 cm³/mol. The van der Waals surface area contributed by atoms with E-state index in [9.17, 15) is 8.78 Å². The van der Waals surface area contributed by atoms with E-state index in [2.05, 4.69) is 31.1 Å². The number of rotatable bonds is 6. The first-order valence-corrected chi connectivity index (χ1v) is 9.20. The number of nitrogen functional groups attached to an aromatic ring is 1. The quantitative estimate of drug-likeness (QED) is 0.654. The van der Waals surface area contributed by atoms with Gasteiger partial charge in [0.05, 0.1) is 11.4 Å². The first kappa shape index (κ1) is 20.1. The third-order valence-corrected chi connectivity index (χ3v) is 4.48. The normalized spacial score (nSPS) is 13.2. The molecule has 1 aliphatic rings. The summed E-state index contributed by atoms with van der Waals surface area (Å²) in [7, 11) is 1.72. The molecular formula is C21H17F2N7O. The summed E-state index contributed by atoms with van der Waals surface area (Å²) < 4.78 is 33.0. The number of anilines is 1. The van der Waals surface area contributed by atoms with Gasteiger partial charge >= 0.3 is 0 Å². The van der Waals surface area contributed by atoms with Gasteiger partial charge in [0.2, 0.25) is 0 Å². The molecule has 4 rings (SSSR count). The molecule has 0 saturated carbocycles. The molecule has 0 bridgehead atoms. The van der Waals surface area contributed by atoms with Crippen molar-refractivity contribution < 1.29 is 13.5 Å². The van der Waals surface area contributed by atoms with Crippen LogP contribution in [0.5, 0.6) is 0 Å². The molecule has 3 aromatic heterocycles. The number of alkyl halides is 2. The number of aliphatic imine (C=N–C) groups is 1. The Bertz CT molecular complexity index is 1210. The van der Waals surface area contributed by atoms with Crippen molar-refractivity contribution in [1.82, 2.24) is 25.0 Å². The maximum atomic E-state index is 12.8. The average Bonchev–Trinajstić information content (AvgIpc) is 2.98. The molecule has 156 valence electrons. The molecule has 0 atom stereocenters. The number of nitrogens with zero attached hydrogens (tertiary/aromatic N) is 6. The van der Waals surface area contributed by atoms with Crippen LogP contribution in [0, 0.1) is 0 Å². The van der Waals surface area contributed by atoms with E-state index in [1.165, 1.54) is 12.1 Å². The van der Waals surface area contributed by atoms with Gasteiger partial charge in [-0.1, -0.05) is 5.21 Å².